The second kappa shape index (κ2) is 5.77. The van der Waals surface area contributed by atoms with Crippen molar-refractivity contribution in [2.75, 3.05) is 7.11 Å². The van der Waals surface area contributed by atoms with E-state index in [0.717, 1.165) is 16.2 Å². The number of nitrogens with zero attached hydrogens (tertiary/aromatic N) is 1. The van der Waals surface area contributed by atoms with Gasteiger partial charge in [-0.05, 0) is 17.7 Å². The van der Waals surface area contributed by atoms with Gasteiger partial charge in [-0.25, -0.2) is 0 Å². The Bertz CT molecular complexity index is 646. The molecule has 0 saturated carbocycles. The number of hydrogen-bond acceptors (Lipinski definition) is 4. The normalized spacial score (nSPS) is 17.5. The van der Waals surface area contributed by atoms with Gasteiger partial charge in [-0.3, -0.25) is 5.43 Å². The average Bonchev–Trinajstić information content (AvgIpc) is 2.98. The second-order valence-electron chi connectivity index (χ2n) is 4.30. The number of hydrazone groups is 1. The number of halogens is 1. The van der Waals surface area contributed by atoms with Crippen molar-refractivity contribution >= 4 is 28.4 Å². The summed E-state index contributed by atoms with van der Waals surface area (Å²) in [6.07, 6.45) is 0. The number of thioether (sulfide) groups is 1. The molecule has 3 nitrogen and oxygen atoms in total. The zero-order valence-electron chi connectivity index (χ0n) is 10.8. The van der Waals surface area contributed by atoms with Crippen LogP contribution in [-0.2, 0) is 0 Å². The molecule has 0 unspecified atom stereocenters. The third kappa shape index (κ3) is 2.62. The number of nitrogens with one attached hydrogen (secondary N) is 1. The number of methoxy groups -OCH3 is 1. The predicted octanol–water partition coefficient (Wildman–Crippen LogP) is 4.05. The Morgan fingerprint density at radius 3 is 2.75 bits per heavy atom. The quantitative estimate of drug-likeness (QED) is 0.929. The van der Waals surface area contributed by atoms with Gasteiger partial charge in [-0.1, -0.05) is 59.8 Å². The number of ether oxygens (including phenoxy) is 1. The molecule has 1 N–H and O–H groups in total. The van der Waals surface area contributed by atoms with E-state index in [0.29, 0.717) is 10.8 Å². The molecule has 0 bridgehead atoms. The van der Waals surface area contributed by atoms with Gasteiger partial charge in [-0.15, -0.1) is 0 Å². The van der Waals surface area contributed by atoms with Gasteiger partial charge in [0, 0.05) is 5.56 Å². The number of hydrogen-bond donors (Lipinski definition) is 1. The molecule has 0 aliphatic carbocycles. The van der Waals surface area contributed by atoms with Crippen LogP contribution in [0.15, 0.2) is 53.6 Å². The molecule has 0 amide bonds. The largest absolute Gasteiger partial charge is 0.495 e. The highest BCUT2D eigenvalue weighted by Crippen LogP contribution is 2.37. The first kappa shape index (κ1) is 13.3. The lowest BCUT2D eigenvalue weighted by molar-refractivity contribution is 0.414. The highest BCUT2D eigenvalue weighted by atomic mass is 35.5. The molecule has 2 aromatic rings. The monoisotopic (exact) mass is 304 g/mol. The van der Waals surface area contributed by atoms with Crippen LogP contribution in [0, 0.1) is 0 Å². The van der Waals surface area contributed by atoms with Crippen molar-refractivity contribution < 1.29 is 4.74 Å². The summed E-state index contributed by atoms with van der Waals surface area (Å²) in [5, 5.41) is 6.08. The van der Waals surface area contributed by atoms with Crippen LogP contribution < -0.4 is 10.2 Å². The summed E-state index contributed by atoms with van der Waals surface area (Å²) < 4.78 is 5.25. The summed E-state index contributed by atoms with van der Waals surface area (Å²) in [7, 11) is 1.62. The van der Waals surface area contributed by atoms with Crippen LogP contribution in [-0.4, -0.2) is 12.2 Å². The van der Waals surface area contributed by atoms with Crippen LogP contribution >= 0.6 is 23.4 Å². The molecule has 0 spiro atoms. The number of benzene rings is 2. The molecule has 20 heavy (non-hydrogen) atoms. The van der Waals surface area contributed by atoms with Crippen LogP contribution in [0.1, 0.15) is 16.5 Å². The van der Waals surface area contributed by atoms with Crippen molar-refractivity contribution in [1.82, 2.24) is 5.43 Å². The zero-order valence-corrected chi connectivity index (χ0v) is 12.4. The molecule has 5 heteroatoms. The Morgan fingerprint density at radius 1 is 1.20 bits per heavy atom. The molecular formula is C15H13ClN2OS. The lowest BCUT2D eigenvalue weighted by Gasteiger charge is -2.11. The molecule has 0 fully saturated rings. The van der Waals surface area contributed by atoms with Crippen molar-refractivity contribution in [2.24, 2.45) is 5.10 Å². The first-order valence-electron chi connectivity index (χ1n) is 6.16. The average molecular weight is 305 g/mol. The fourth-order valence-electron chi connectivity index (χ4n) is 1.98. The third-order valence-corrected chi connectivity index (χ3v) is 4.49. The summed E-state index contributed by atoms with van der Waals surface area (Å²) in [6, 6.07) is 15.9. The summed E-state index contributed by atoms with van der Waals surface area (Å²) in [6.45, 7) is 0. The number of rotatable bonds is 3. The molecular weight excluding hydrogens is 292 g/mol. The lowest BCUT2D eigenvalue weighted by atomic mass is 10.2. The maximum Gasteiger partial charge on any atom is 0.137 e. The van der Waals surface area contributed by atoms with Crippen molar-refractivity contribution in [3.8, 4) is 5.75 Å². The summed E-state index contributed by atoms with van der Waals surface area (Å²) in [4.78, 5) is 0. The van der Waals surface area contributed by atoms with Gasteiger partial charge in [0.25, 0.3) is 0 Å². The van der Waals surface area contributed by atoms with E-state index in [1.165, 1.54) is 0 Å². The van der Waals surface area contributed by atoms with E-state index in [2.05, 4.69) is 22.7 Å². The molecule has 2 aromatic carbocycles. The molecule has 0 radical (unpaired) electrons. The maximum absolute atomic E-state index is 6.05. The van der Waals surface area contributed by atoms with Crippen molar-refractivity contribution in [1.29, 1.82) is 0 Å². The minimum absolute atomic E-state index is 0.0800. The van der Waals surface area contributed by atoms with Gasteiger partial charge < -0.3 is 4.74 Å². The fourth-order valence-corrected chi connectivity index (χ4v) is 3.16. The van der Waals surface area contributed by atoms with Crippen LogP contribution in [0.3, 0.4) is 0 Å². The molecule has 1 heterocycles. The van der Waals surface area contributed by atoms with Crippen molar-refractivity contribution in [2.45, 2.75) is 5.37 Å². The van der Waals surface area contributed by atoms with Crippen LogP contribution in [0.2, 0.25) is 5.02 Å². The van der Waals surface area contributed by atoms with Crippen molar-refractivity contribution in [3.05, 3.63) is 64.7 Å². The Hall–Kier alpha value is -1.65. The van der Waals surface area contributed by atoms with E-state index in [-0.39, 0.29) is 5.37 Å². The Kier molecular flexibility index (Phi) is 3.85. The molecule has 3 rings (SSSR count). The SMILES string of the molecule is COc1cc([C@@H]2NN=C(c3ccccc3)S2)ccc1Cl. The van der Waals surface area contributed by atoms with Crippen molar-refractivity contribution in [3.63, 3.8) is 0 Å². The molecule has 1 aliphatic rings. The Balaban J connectivity index is 1.79. The Labute approximate surface area is 127 Å². The van der Waals surface area contributed by atoms with Gasteiger partial charge in [0.2, 0.25) is 0 Å². The van der Waals surface area contributed by atoms with E-state index in [4.69, 9.17) is 16.3 Å². The van der Waals surface area contributed by atoms with Gasteiger partial charge >= 0.3 is 0 Å². The topological polar surface area (TPSA) is 33.6 Å². The smallest absolute Gasteiger partial charge is 0.137 e. The minimum Gasteiger partial charge on any atom is -0.495 e. The van der Waals surface area contributed by atoms with Gasteiger partial charge in [0.1, 0.15) is 16.2 Å². The zero-order chi connectivity index (χ0) is 13.9. The standard InChI is InChI=1S/C15H13ClN2OS/c1-19-13-9-11(7-8-12(13)16)15-18-17-14(20-15)10-5-3-2-4-6-10/h2-9,15,18H,1H3/t15-/m1/s1. The molecule has 0 saturated heterocycles. The van der Waals surface area contributed by atoms with E-state index in [1.807, 2.05) is 36.4 Å². The van der Waals surface area contributed by atoms with Gasteiger partial charge in [0.05, 0.1) is 12.1 Å². The van der Waals surface area contributed by atoms with E-state index in [1.54, 1.807) is 18.9 Å². The van der Waals surface area contributed by atoms with Crippen LogP contribution in [0.4, 0.5) is 0 Å². The lowest BCUT2D eigenvalue weighted by Crippen LogP contribution is -2.06. The second-order valence-corrected chi connectivity index (χ2v) is 5.80. The van der Waals surface area contributed by atoms with E-state index < -0.39 is 0 Å². The summed E-state index contributed by atoms with van der Waals surface area (Å²) in [5.41, 5.74) is 5.35. The molecule has 1 aliphatic heterocycles. The van der Waals surface area contributed by atoms with Gasteiger partial charge in [-0.2, -0.15) is 5.10 Å². The molecule has 1 atom stereocenters. The highest BCUT2D eigenvalue weighted by molar-refractivity contribution is 8.14. The Morgan fingerprint density at radius 2 is 2.00 bits per heavy atom. The van der Waals surface area contributed by atoms with Crippen LogP contribution in [0.5, 0.6) is 5.75 Å². The highest BCUT2D eigenvalue weighted by Gasteiger charge is 2.22. The van der Waals surface area contributed by atoms with Crippen LogP contribution in [0.25, 0.3) is 0 Å². The van der Waals surface area contributed by atoms with Gasteiger partial charge in [0.15, 0.2) is 0 Å². The maximum atomic E-state index is 6.05. The first-order chi connectivity index (χ1) is 9.78. The summed E-state index contributed by atoms with van der Waals surface area (Å²) >= 11 is 7.73. The predicted molar refractivity (Wildman–Crippen MR) is 84.5 cm³/mol. The first-order valence-corrected chi connectivity index (χ1v) is 7.42. The minimum atomic E-state index is 0.0800. The fraction of sp³-hybridized carbons (Fsp3) is 0.133. The van der Waals surface area contributed by atoms with E-state index in [9.17, 15) is 0 Å². The third-order valence-electron chi connectivity index (χ3n) is 3.01. The molecule has 102 valence electrons. The summed E-state index contributed by atoms with van der Waals surface area (Å²) in [5.74, 6) is 0.680. The molecule has 0 aromatic heterocycles. The van der Waals surface area contributed by atoms with E-state index >= 15 is 0 Å².